The van der Waals surface area contributed by atoms with E-state index < -0.39 is 34.8 Å². The maximum Gasteiger partial charge on any atom is 0.273 e. The Bertz CT molecular complexity index is 1350. The number of nitro groups is 1. The SMILES string of the molecule is CCCCCOc1ccc(N2C(=O)[C@@H]3[C@@H](ON(c4ccccc4)[C@H]3c3ccc([N+](=O)[O-])cc3O)C2=O)cc1. The second kappa shape index (κ2) is 10.5. The van der Waals surface area contributed by atoms with Gasteiger partial charge in [0.2, 0.25) is 5.91 Å². The molecule has 1 N–H and O–H groups in total. The number of aromatic hydroxyl groups is 1. The Morgan fingerprint density at radius 2 is 1.71 bits per heavy atom. The fraction of sp³-hybridized carbons (Fsp3) is 0.286. The molecule has 2 aliphatic rings. The number of nitro benzene ring substituents is 1. The van der Waals surface area contributed by atoms with Crippen molar-refractivity contribution < 1.29 is 29.2 Å². The summed E-state index contributed by atoms with van der Waals surface area (Å²) in [6, 6.07) is 18.4. The molecule has 2 fully saturated rings. The van der Waals surface area contributed by atoms with Gasteiger partial charge in [0.15, 0.2) is 6.10 Å². The third-order valence-corrected chi connectivity index (χ3v) is 6.78. The third kappa shape index (κ3) is 4.54. The van der Waals surface area contributed by atoms with Crippen molar-refractivity contribution in [3.05, 3.63) is 88.5 Å². The minimum atomic E-state index is -1.13. The Kier molecular flexibility index (Phi) is 6.97. The molecule has 0 bridgehead atoms. The molecule has 2 heterocycles. The first-order valence-corrected chi connectivity index (χ1v) is 12.5. The van der Waals surface area contributed by atoms with Gasteiger partial charge in [-0.05, 0) is 48.9 Å². The molecule has 38 heavy (non-hydrogen) atoms. The number of amides is 2. The van der Waals surface area contributed by atoms with Crippen molar-refractivity contribution in [2.75, 3.05) is 16.6 Å². The number of hydroxylamine groups is 1. The highest BCUT2D eigenvalue weighted by molar-refractivity contribution is 6.24. The van der Waals surface area contributed by atoms with E-state index in [4.69, 9.17) is 9.57 Å². The maximum absolute atomic E-state index is 13.8. The monoisotopic (exact) mass is 517 g/mol. The number of rotatable bonds is 9. The first kappa shape index (κ1) is 25.2. The van der Waals surface area contributed by atoms with Gasteiger partial charge in [0.25, 0.3) is 11.6 Å². The number of anilines is 2. The molecule has 0 aromatic heterocycles. The van der Waals surface area contributed by atoms with Gasteiger partial charge >= 0.3 is 0 Å². The summed E-state index contributed by atoms with van der Waals surface area (Å²) in [5.41, 5.74) is 0.907. The smallest absolute Gasteiger partial charge is 0.273 e. The van der Waals surface area contributed by atoms with Crippen LogP contribution in [0.25, 0.3) is 0 Å². The molecular weight excluding hydrogens is 490 g/mol. The van der Waals surface area contributed by atoms with E-state index in [9.17, 15) is 24.8 Å². The predicted molar refractivity (Wildman–Crippen MR) is 139 cm³/mol. The topological polar surface area (TPSA) is 122 Å². The van der Waals surface area contributed by atoms with Crippen LogP contribution in [0, 0.1) is 16.0 Å². The van der Waals surface area contributed by atoms with E-state index in [-0.39, 0.29) is 17.0 Å². The molecule has 3 aromatic carbocycles. The lowest BCUT2D eigenvalue weighted by Gasteiger charge is -2.29. The first-order valence-electron chi connectivity index (χ1n) is 12.5. The minimum absolute atomic E-state index is 0.241. The van der Waals surface area contributed by atoms with Gasteiger partial charge in [0, 0.05) is 11.6 Å². The number of fused-ring (bicyclic) bond motifs is 1. The molecule has 10 heteroatoms. The van der Waals surface area contributed by atoms with Crippen molar-refractivity contribution in [1.29, 1.82) is 0 Å². The number of hydrogen-bond acceptors (Lipinski definition) is 8. The van der Waals surface area contributed by atoms with Crippen LogP contribution in [-0.4, -0.2) is 34.6 Å². The summed E-state index contributed by atoms with van der Waals surface area (Å²) < 4.78 is 5.74. The molecule has 196 valence electrons. The molecule has 5 rings (SSSR count). The molecule has 10 nitrogen and oxygen atoms in total. The van der Waals surface area contributed by atoms with Gasteiger partial charge < -0.3 is 9.84 Å². The maximum atomic E-state index is 13.8. The Balaban J connectivity index is 1.46. The number of carbonyl (C=O) groups excluding carboxylic acids is 2. The van der Waals surface area contributed by atoms with Gasteiger partial charge in [-0.25, -0.2) is 9.96 Å². The fourth-order valence-electron chi connectivity index (χ4n) is 4.91. The zero-order valence-electron chi connectivity index (χ0n) is 20.7. The van der Waals surface area contributed by atoms with E-state index in [1.807, 2.05) is 6.07 Å². The van der Waals surface area contributed by atoms with E-state index in [1.54, 1.807) is 48.5 Å². The van der Waals surface area contributed by atoms with Gasteiger partial charge in [0.05, 0.1) is 35.0 Å². The Labute approximate surface area is 219 Å². The average Bonchev–Trinajstić information content (AvgIpc) is 3.43. The van der Waals surface area contributed by atoms with Crippen molar-refractivity contribution in [2.45, 2.75) is 38.3 Å². The molecule has 0 radical (unpaired) electrons. The highest BCUT2D eigenvalue weighted by atomic mass is 16.7. The van der Waals surface area contributed by atoms with Crippen LogP contribution in [0.2, 0.25) is 0 Å². The number of para-hydroxylation sites is 1. The molecule has 0 spiro atoms. The highest BCUT2D eigenvalue weighted by Crippen LogP contribution is 2.49. The number of ether oxygens (including phenoxy) is 1. The van der Waals surface area contributed by atoms with Crippen molar-refractivity contribution >= 4 is 28.9 Å². The lowest BCUT2D eigenvalue weighted by atomic mass is 9.90. The second-order valence-electron chi connectivity index (χ2n) is 9.22. The normalized spacial score (nSPS) is 20.6. The van der Waals surface area contributed by atoms with Crippen LogP contribution in [0.3, 0.4) is 0 Å². The van der Waals surface area contributed by atoms with Crippen molar-refractivity contribution in [3.63, 3.8) is 0 Å². The van der Waals surface area contributed by atoms with Crippen LogP contribution in [0.15, 0.2) is 72.8 Å². The number of benzene rings is 3. The third-order valence-electron chi connectivity index (χ3n) is 6.78. The van der Waals surface area contributed by atoms with E-state index >= 15 is 0 Å². The number of phenols is 1. The zero-order chi connectivity index (χ0) is 26.8. The molecule has 2 aliphatic heterocycles. The summed E-state index contributed by atoms with van der Waals surface area (Å²) in [6.07, 6.45) is 1.97. The first-order chi connectivity index (χ1) is 18.4. The summed E-state index contributed by atoms with van der Waals surface area (Å²) >= 11 is 0. The molecule has 0 aliphatic carbocycles. The predicted octanol–water partition coefficient (Wildman–Crippen LogP) is 4.92. The molecule has 2 amide bonds. The highest BCUT2D eigenvalue weighted by Gasteiger charge is 2.60. The molecule has 0 unspecified atom stereocenters. The summed E-state index contributed by atoms with van der Waals surface area (Å²) in [4.78, 5) is 45.0. The van der Waals surface area contributed by atoms with Crippen LogP contribution in [-0.2, 0) is 14.4 Å². The van der Waals surface area contributed by atoms with Crippen LogP contribution >= 0.6 is 0 Å². The van der Waals surface area contributed by atoms with Crippen LogP contribution in [0.1, 0.15) is 37.8 Å². The van der Waals surface area contributed by atoms with Crippen LogP contribution in [0.4, 0.5) is 17.1 Å². The van der Waals surface area contributed by atoms with Crippen molar-refractivity contribution in [2.24, 2.45) is 5.92 Å². The number of carbonyl (C=O) groups is 2. The van der Waals surface area contributed by atoms with Gasteiger partial charge in [-0.15, -0.1) is 0 Å². The second-order valence-corrected chi connectivity index (χ2v) is 9.22. The van der Waals surface area contributed by atoms with Crippen LogP contribution in [0.5, 0.6) is 11.5 Å². The number of non-ortho nitro benzene ring substituents is 1. The molecule has 2 saturated heterocycles. The van der Waals surface area contributed by atoms with Crippen LogP contribution < -0.4 is 14.7 Å². The van der Waals surface area contributed by atoms with Gasteiger partial charge in [-0.2, -0.15) is 0 Å². The number of nitrogens with zero attached hydrogens (tertiary/aromatic N) is 3. The van der Waals surface area contributed by atoms with E-state index in [1.165, 1.54) is 17.2 Å². The van der Waals surface area contributed by atoms with E-state index in [2.05, 4.69) is 6.92 Å². The molecule has 0 saturated carbocycles. The average molecular weight is 518 g/mol. The standard InChI is InChI=1S/C28H27N3O7/c1-2-3-7-16-37-21-13-10-18(11-14-21)29-27(33)24-25(22-15-12-20(31(35)36)17-23(22)32)30(38-26(24)28(29)34)19-8-5-4-6-9-19/h4-6,8-15,17,24-26,32H,2-3,7,16H2,1H3/t24-,25-,26+/m0/s1. The van der Waals surface area contributed by atoms with Crippen molar-refractivity contribution in [3.8, 4) is 11.5 Å². The molecule has 3 atom stereocenters. The van der Waals surface area contributed by atoms with Gasteiger partial charge in [0.1, 0.15) is 17.4 Å². The lowest BCUT2D eigenvalue weighted by Crippen LogP contribution is -2.37. The lowest BCUT2D eigenvalue weighted by molar-refractivity contribution is -0.385. The molecular formula is C28H27N3O7. The quantitative estimate of drug-likeness (QED) is 0.184. The van der Waals surface area contributed by atoms with Gasteiger partial charge in [-0.3, -0.25) is 24.5 Å². The number of unbranched alkanes of at least 4 members (excludes halogenated alkanes) is 2. The summed E-state index contributed by atoms with van der Waals surface area (Å²) in [6.45, 7) is 2.70. The molecule has 3 aromatic rings. The number of phenolic OH excluding ortho intramolecular Hbond substituents is 1. The van der Waals surface area contributed by atoms with E-state index in [0.29, 0.717) is 23.7 Å². The number of hydrogen-bond donors (Lipinski definition) is 1. The Hall–Kier alpha value is -4.44. The minimum Gasteiger partial charge on any atom is -0.507 e. The zero-order valence-corrected chi connectivity index (χ0v) is 20.7. The summed E-state index contributed by atoms with van der Waals surface area (Å²) in [5, 5.41) is 23.4. The number of imide groups is 1. The summed E-state index contributed by atoms with van der Waals surface area (Å²) in [5.74, 6) is -1.72. The Morgan fingerprint density at radius 3 is 2.37 bits per heavy atom. The van der Waals surface area contributed by atoms with Crippen molar-refractivity contribution in [1.82, 2.24) is 0 Å². The Morgan fingerprint density at radius 1 is 0.974 bits per heavy atom. The largest absolute Gasteiger partial charge is 0.507 e. The van der Waals surface area contributed by atoms with Gasteiger partial charge in [-0.1, -0.05) is 38.0 Å². The summed E-state index contributed by atoms with van der Waals surface area (Å²) in [7, 11) is 0. The fourth-order valence-corrected chi connectivity index (χ4v) is 4.91. The van der Waals surface area contributed by atoms with E-state index in [0.717, 1.165) is 30.2 Å².